The number of rotatable bonds is 3. The molecule has 0 bridgehead atoms. The molecule has 0 saturated carbocycles. The van der Waals surface area contributed by atoms with Crippen molar-refractivity contribution in [2.75, 3.05) is 13.1 Å². The average Bonchev–Trinajstić information content (AvgIpc) is 2.37. The van der Waals surface area contributed by atoms with Crippen LogP contribution >= 0.6 is 0 Å². The molecule has 1 unspecified atom stereocenters. The van der Waals surface area contributed by atoms with Gasteiger partial charge < -0.3 is 21.1 Å². The van der Waals surface area contributed by atoms with E-state index in [1.54, 1.807) is 0 Å². The molecule has 7 nitrogen and oxygen atoms in total. The summed E-state index contributed by atoms with van der Waals surface area (Å²) in [6.07, 6.45) is -4.67. The van der Waals surface area contributed by atoms with E-state index in [1.807, 2.05) is 0 Å². The van der Waals surface area contributed by atoms with E-state index in [4.69, 9.17) is 10.8 Å². The summed E-state index contributed by atoms with van der Waals surface area (Å²) in [5, 5.41) is 10.2. The number of carboxylic acids is 1. The molecule has 3 amide bonds. The number of likely N-dealkylation sites (tertiary alicyclic amines) is 1. The van der Waals surface area contributed by atoms with Crippen LogP contribution in [0.5, 0.6) is 0 Å². The maximum atomic E-state index is 12.8. The van der Waals surface area contributed by atoms with Crippen molar-refractivity contribution >= 4 is 17.9 Å². The Bertz CT molecular complexity index is 446. The van der Waals surface area contributed by atoms with Gasteiger partial charge in [-0.15, -0.1) is 0 Å². The molecule has 21 heavy (non-hydrogen) atoms. The van der Waals surface area contributed by atoms with Gasteiger partial charge in [0.2, 0.25) is 11.4 Å². The predicted octanol–water partition coefficient (Wildman–Crippen LogP) is 0.299. The number of nitrogens with one attached hydrogen (secondary N) is 1. The second kappa shape index (κ2) is 5.78. The summed E-state index contributed by atoms with van der Waals surface area (Å²) in [6, 6.07) is -1.14. The summed E-state index contributed by atoms with van der Waals surface area (Å²) < 4.78 is 38.3. The number of aliphatic carboxylic acids is 1. The second-order valence-corrected chi connectivity index (χ2v) is 5.02. The first-order valence-corrected chi connectivity index (χ1v) is 6.15. The fraction of sp³-hybridized carbons (Fsp3) is 0.727. The van der Waals surface area contributed by atoms with Crippen molar-refractivity contribution in [3.05, 3.63) is 0 Å². The highest BCUT2D eigenvalue weighted by Crippen LogP contribution is 2.30. The number of carbonyl (C=O) groups is 3. The number of halogens is 3. The molecule has 1 heterocycles. The normalized spacial score (nSPS) is 19.7. The maximum absolute atomic E-state index is 12.8. The van der Waals surface area contributed by atoms with Crippen LogP contribution in [-0.4, -0.2) is 52.7 Å². The van der Waals surface area contributed by atoms with Gasteiger partial charge in [0.25, 0.3) is 0 Å². The van der Waals surface area contributed by atoms with E-state index in [0.717, 1.165) is 4.90 Å². The summed E-state index contributed by atoms with van der Waals surface area (Å²) in [4.78, 5) is 34.6. The lowest BCUT2D eigenvalue weighted by molar-refractivity contribution is -0.203. The van der Waals surface area contributed by atoms with Crippen LogP contribution in [0.3, 0.4) is 0 Å². The van der Waals surface area contributed by atoms with Crippen molar-refractivity contribution in [3.63, 3.8) is 0 Å². The van der Waals surface area contributed by atoms with Gasteiger partial charge in [-0.25, -0.2) is 9.59 Å². The Hall–Kier alpha value is -2.00. The Morgan fingerprint density at radius 3 is 2.05 bits per heavy atom. The van der Waals surface area contributed by atoms with E-state index >= 15 is 0 Å². The Morgan fingerprint density at radius 2 is 1.71 bits per heavy atom. The SMILES string of the molecule is CC(NC(=O)N1CCC(C(N)=O)CC1)(C(=O)O)C(F)(F)F. The number of alkyl halides is 3. The Morgan fingerprint density at radius 1 is 1.24 bits per heavy atom. The molecule has 10 heteroatoms. The number of nitrogens with zero attached hydrogens (tertiary/aromatic N) is 1. The molecule has 1 atom stereocenters. The smallest absolute Gasteiger partial charge is 0.422 e. The van der Waals surface area contributed by atoms with Crippen LogP contribution in [0.2, 0.25) is 0 Å². The molecule has 0 aromatic heterocycles. The molecular formula is C11H16F3N3O4. The van der Waals surface area contributed by atoms with E-state index in [9.17, 15) is 27.6 Å². The van der Waals surface area contributed by atoms with Crippen LogP contribution in [0.15, 0.2) is 0 Å². The quantitative estimate of drug-likeness (QED) is 0.695. The van der Waals surface area contributed by atoms with Gasteiger partial charge in [-0.05, 0) is 19.8 Å². The van der Waals surface area contributed by atoms with Gasteiger partial charge in [-0.2, -0.15) is 13.2 Å². The lowest BCUT2D eigenvalue weighted by Crippen LogP contribution is -2.64. The molecule has 0 spiro atoms. The molecule has 4 N–H and O–H groups in total. The minimum Gasteiger partial charge on any atom is -0.479 e. The van der Waals surface area contributed by atoms with Gasteiger partial charge in [0.05, 0.1) is 0 Å². The number of carboxylic acid groups (broad SMARTS) is 1. The third-order valence-corrected chi connectivity index (χ3v) is 3.54. The highest BCUT2D eigenvalue weighted by atomic mass is 19.4. The number of hydrogen-bond donors (Lipinski definition) is 3. The van der Waals surface area contributed by atoms with Gasteiger partial charge in [-0.3, -0.25) is 4.79 Å². The Labute approximate surface area is 118 Å². The first kappa shape index (κ1) is 17.1. The van der Waals surface area contributed by atoms with Gasteiger partial charge in [-0.1, -0.05) is 0 Å². The zero-order valence-corrected chi connectivity index (χ0v) is 11.2. The zero-order valence-electron chi connectivity index (χ0n) is 11.2. The van der Waals surface area contributed by atoms with Crippen LogP contribution in [0.1, 0.15) is 19.8 Å². The van der Waals surface area contributed by atoms with Gasteiger partial charge in [0, 0.05) is 19.0 Å². The molecule has 1 rings (SSSR count). The lowest BCUT2D eigenvalue weighted by atomic mass is 9.96. The second-order valence-electron chi connectivity index (χ2n) is 5.02. The molecule has 120 valence electrons. The topological polar surface area (TPSA) is 113 Å². The third kappa shape index (κ3) is 3.56. The highest BCUT2D eigenvalue weighted by molar-refractivity contribution is 5.87. The molecule has 1 aliphatic rings. The number of piperidine rings is 1. The number of urea groups is 1. The Kier molecular flexibility index (Phi) is 4.69. The largest absolute Gasteiger partial charge is 0.479 e. The highest BCUT2D eigenvalue weighted by Gasteiger charge is 2.58. The molecule has 0 aromatic carbocycles. The van der Waals surface area contributed by atoms with E-state index < -0.39 is 35.5 Å². The summed E-state index contributed by atoms with van der Waals surface area (Å²) >= 11 is 0. The van der Waals surface area contributed by atoms with Gasteiger partial charge >= 0.3 is 18.2 Å². The van der Waals surface area contributed by atoms with E-state index in [1.165, 1.54) is 5.32 Å². The fourth-order valence-corrected chi connectivity index (χ4v) is 1.91. The minimum atomic E-state index is -5.14. The molecule has 0 aliphatic carbocycles. The van der Waals surface area contributed by atoms with Crippen molar-refractivity contribution in [2.45, 2.75) is 31.5 Å². The summed E-state index contributed by atoms with van der Waals surface area (Å²) in [5.41, 5.74) is 1.73. The number of amides is 3. The van der Waals surface area contributed by atoms with Crippen molar-refractivity contribution < 1.29 is 32.7 Å². The van der Waals surface area contributed by atoms with E-state index in [2.05, 4.69) is 0 Å². The number of hydrogen-bond acceptors (Lipinski definition) is 3. The predicted molar refractivity (Wildman–Crippen MR) is 64.1 cm³/mol. The van der Waals surface area contributed by atoms with Crippen LogP contribution in [-0.2, 0) is 9.59 Å². The summed E-state index contributed by atoms with van der Waals surface area (Å²) in [7, 11) is 0. The molecule has 1 aliphatic heterocycles. The van der Waals surface area contributed by atoms with Crippen LogP contribution in [0, 0.1) is 5.92 Å². The molecular weight excluding hydrogens is 295 g/mol. The van der Waals surface area contributed by atoms with Crippen LogP contribution in [0.25, 0.3) is 0 Å². The average molecular weight is 311 g/mol. The van der Waals surface area contributed by atoms with Crippen LogP contribution in [0.4, 0.5) is 18.0 Å². The van der Waals surface area contributed by atoms with Crippen LogP contribution < -0.4 is 11.1 Å². The van der Waals surface area contributed by atoms with Gasteiger partial charge in [0.1, 0.15) is 0 Å². The number of nitrogens with two attached hydrogens (primary N) is 1. The van der Waals surface area contributed by atoms with Gasteiger partial charge in [0.15, 0.2) is 0 Å². The standard InChI is InChI=1S/C11H16F3N3O4/c1-10(8(19)20,11(12,13)14)16-9(21)17-4-2-6(3-5-17)7(15)18/h6H,2-5H2,1H3,(H2,15,18)(H,16,21)(H,19,20). The molecule has 0 radical (unpaired) electrons. The summed E-state index contributed by atoms with van der Waals surface area (Å²) in [6.45, 7) is 0.448. The van der Waals surface area contributed by atoms with Crippen molar-refractivity contribution in [1.82, 2.24) is 10.2 Å². The lowest BCUT2D eigenvalue weighted by Gasteiger charge is -2.35. The molecule has 1 saturated heterocycles. The first-order chi connectivity index (χ1) is 9.49. The molecule has 0 aromatic rings. The maximum Gasteiger partial charge on any atom is 0.422 e. The van der Waals surface area contributed by atoms with Crippen molar-refractivity contribution in [1.29, 1.82) is 0 Å². The first-order valence-electron chi connectivity index (χ1n) is 6.15. The summed E-state index contributed by atoms with van der Waals surface area (Å²) in [5.74, 6) is -3.15. The number of carbonyl (C=O) groups excluding carboxylic acids is 2. The number of primary amides is 1. The van der Waals surface area contributed by atoms with Crippen molar-refractivity contribution in [2.24, 2.45) is 11.7 Å². The minimum absolute atomic E-state index is 0.0347. The van der Waals surface area contributed by atoms with E-state index in [0.29, 0.717) is 6.92 Å². The molecule has 1 fully saturated rings. The van der Waals surface area contributed by atoms with E-state index in [-0.39, 0.29) is 25.9 Å². The third-order valence-electron chi connectivity index (χ3n) is 3.54. The monoisotopic (exact) mass is 311 g/mol. The zero-order chi connectivity index (χ0) is 16.4. The van der Waals surface area contributed by atoms with Crippen molar-refractivity contribution in [3.8, 4) is 0 Å². The Balaban J connectivity index is 2.73. The fourth-order valence-electron chi connectivity index (χ4n) is 1.91.